The van der Waals surface area contributed by atoms with Gasteiger partial charge >= 0.3 is 0 Å². The van der Waals surface area contributed by atoms with Crippen LogP contribution in [0.1, 0.15) is 65.7 Å². The van der Waals surface area contributed by atoms with Crippen LogP contribution >= 0.6 is 0 Å². The number of rotatable bonds is 8. The van der Waals surface area contributed by atoms with Crippen LogP contribution in [0.4, 0.5) is 0 Å². The van der Waals surface area contributed by atoms with Gasteiger partial charge in [0.15, 0.2) is 0 Å². The summed E-state index contributed by atoms with van der Waals surface area (Å²) in [5.74, 6) is 1.95. The van der Waals surface area contributed by atoms with Crippen molar-refractivity contribution in [3.63, 3.8) is 0 Å². The summed E-state index contributed by atoms with van der Waals surface area (Å²) in [5, 5.41) is 6.34. The lowest BCUT2D eigenvalue weighted by atomic mass is 9.81. The molecule has 3 heteroatoms. The van der Waals surface area contributed by atoms with Crippen LogP contribution < -0.4 is 10.6 Å². The smallest absolute Gasteiger partial charge is 0.234 e. The number of hydrogen-bond acceptors (Lipinski definition) is 2. The van der Waals surface area contributed by atoms with Gasteiger partial charge in [-0.3, -0.25) is 4.79 Å². The van der Waals surface area contributed by atoms with E-state index in [4.69, 9.17) is 0 Å². The van der Waals surface area contributed by atoms with E-state index < -0.39 is 0 Å². The molecule has 0 aromatic rings. The van der Waals surface area contributed by atoms with Gasteiger partial charge < -0.3 is 10.6 Å². The molecule has 1 rings (SSSR count). The molecular formula is C16H32N2O. The quantitative estimate of drug-likeness (QED) is 0.664. The first-order valence-electron chi connectivity index (χ1n) is 8.15. The van der Waals surface area contributed by atoms with Crippen LogP contribution in [0, 0.1) is 11.8 Å². The average Bonchev–Trinajstić information content (AvgIpc) is 2.43. The number of hydrogen-bond donors (Lipinski definition) is 2. The third kappa shape index (κ3) is 6.95. The minimum Gasteiger partial charge on any atom is -0.352 e. The molecule has 1 saturated carbocycles. The lowest BCUT2D eigenvalue weighted by molar-refractivity contribution is -0.121. The Kier molecular flexibility index (Phi) is 8.11. The van der Waals surface area contributed by atoms with Gasteiger partial charge in [-0.2, -0.15) is 0 Å². The van der Waals surface area contributed by atoms with E-state index in [1.54, 1.807) is 0 Å². The van der Waals surface area contributed by atoms with Gasteiger partial charge in [0, 0.05) is 6.04 Å². The summed E-state index contributed by atoms with van der Waals surface area (Å²) < 4.78 is 0. The van der Waals surface area contributed by atoms with E-state index in [9.17, 15) is 4.79 Å². The molecule has 1 amide bonds. The molecule has 0 aliphatic heterocycles. The molecule has 0 radical (unpaired) electrons. The molecule has 19 heavy (non-hydrogen) atoms. The highest BCUT2D eigenvalue weighted by Gasteiger charge is 2.17. The van der Waals surface area contributed by atoms with Crippen LogP contribution in [-0.4, -0.2) is 25.0 Å². The Labute approximate surface area is 118 Å². The normalized spacial score (nSPS) is 23.6. The highest BCUT2D eigenvalue weighted by atomic mass is 16.1. The highest BCUT2D eigenvalue weighted by molar-refractivity contribution is 5.78. The minimum absolute atomic E-state index is 0.144. The molecule has 0 aromatic heterocycles. The van der Waals surface area contributed by atoms with Gasteiger partial charge in [-0.1, -0.05) is 46.5 Å². The van der Waals surface area contributed by atoms with Crippen LogP contribution in [0.5, 0.6) is 0 Å². The first-order chi connectivity index (χ1) is 9.15. The van der Waals surface area contributed by atoms with Crippen LogP contribution in [0.15, 0.2) is 0 Å². The zero-order valence-corrected chi connectivity index (χ0v) is 13.0. The van der Waals surface area contributed by atoms with Gasteiger partial charge in [0.2, 0.25) is 5.91 Å². The molecule has 1 fully saturated rings. The second-order valence-electron chi connectivity index (χ2n) is 6.17. The van der Waals surface area contributed by atoms with E-state index in [1.807, 2.05) is 0 Å². The topological polar surface area (TPSA) is 41.1 Å². The fourth-order valence-electron chi connectivity index (χ4n) is 2.90. The summed E-state index contributed by atoms with van der Waals surface area (Å²) in [7, 11) is 0. The van der Waals surface area contributed by atoms with Crippen molar-refractivity contribution in [2.24, 2.45) is 11.8 Å². The second kappa shape index (κ2) is 9.35. The predicted molar refractivity (Wildman–Crippen MR) is 81.1 cm³/mol. The Morgan fingerprint density at radius 2 is 1.79 bits per heavy atom. The van der Waals surface area contributed by atoms with E-state index >= 15 is 0 Å². The van der Waals surface area contributed by atoms with Crippen molar-refractivity contribution < 1.29 is 4.79 Å². The molecule has 0 saturated heterocycles. The van der Waals surface area contributed by atoms with Gasteiger partial charge in [0.25, 0.3) is 0 Å². The Morgan fingerprint density at radius 1 is 1.16 bits per heavy atom. The van der Waals surface area contributed by atoms with E-state index in [-0.39, 0.29) is 5.91 Å². The molecule has 0 unspecified atom stereocenters. The van der Waals surface area contributed by atoms with Gasteiger partial charge in [-0.25, -0.2) is 0 Å². The van der Waals surface area contributed by atoms with Gasteiger partial charge in [-0.05, 0) is 37.6 Å². The van der Waals surface area contributed by atoms with Gasteiger partial charge in [-0.15, -0.1) is 0 Å². The zero-order valence-electron chi connectivity index (χ0n) is 13.0. The summed E-state index contributed by atoms with van der Waals surface area (Å²) in [6.45, 7) is 8.05. The van der Waals surface area contributed by atoms with Crippen molar-refractivity contribution in [3.8, 4) is 0 Å². The molecule has 0 atom stereocenters. The van der Waals surface area contributed by atoms with Crippen molar-refractivity contribution in [2.45, 2.75) is 71.8 Å². The first-order valence-corrected chi connectivity index (χ1v) is 8.15. The molecule has 2 N–H and O–H groups in total. The fourth-order valence-corrected chi connectivity index (χ4v) is 2.90. The number of amides is 1. The third-order valence-electron chi connectivity index (χ3n) is 4.50. The summed E-state index contributed by atoms with van der Waals surface area (Å²) in [6.07, 6.45) is 8.79. The van der Waals surface area contributed by atoms with Crippen molar-refractivity contribution in [1.29, 1.82) is 0 Å². The van der Waals surface area contributed by atoms with Crippen molar-refractivity contribution in [1.82, 2.24) is 10.6 Å². The molecule has 0 bridgehead atoms. The summed E-state index contributed by atoms with van der Waals surface area (Å²) in [5.41, 5.74) is 0. The standard InChI is InChI=1S/C16H32N2O/c1-4-15(5-2)18-16(19)12-17-11-10-14-8-6-13(3)7-9-14/h13-15,17H,4-12H2,1-3H3,(H,18,19). The Hall–Kier alpha value is -0.570. The van der Waals surface area contributed by atoms with E-state index in [0.29, 0.717) is 12.6 Å². The van der Waals surface area contributed by atoms with Crippen LogP contribution in [0.3, 0.4) is 0 Å². The minimum atomic E-state index is 0.144. The third-order valence-corrected chi connectivity index (χ3v) is 4.50. The van der Waals surface area contributed by atoms with E-state index in [1.165, 1.54) is 32.1 Å². The second-order valence-corrected chi connectivity index (χ2v) is 6.17. The number of carbonyl (C=O) groups excluding carboxylic acids is 1. The maximum atomic E-state index is 11.7. The maximum Gasteiger partial charge on any atom is 0.234 e. The van der Waals surface area contributed by atoms with Crippen molar-refractivity contribution in [2.75, 3.05) is 13.1 Å². The zero-order chi connectivity index (χ0) is 14.1. The number of nitrogens with one attached hydrogen (secondary N) is 2. The van der Waals surface area contributed by atoms with E-state index in [0.717, 1.165) is 31.2 Å². The van der Waals surface area contributed by atoms with Crippen LogP contribution in [0.25, 0.3) is 0 Å². The van der Waals surface area contributed by atoms with Crippen molar-refractivity contribution in [3.05, 3.63) is 0 Å². The molecule has 112 valence electrons. The molecule has 0 spiro atoms. The fraction of sp³-hybridized carbons (Fsp3) is 0.938. The Morgan fingerprint density at radius 3 is 2.37 bits per heavy atom. The summed E-state index contributed by atoms with van der Waals surface area (Å²) in [6, 6.07) is 0.342. The lowest BCUT2D eigenvalue weighted by Crippen LogP contribution is -2.40. The first kappa shape index (κ1) is 16.5. The van der Waals surface area contributed by atoms with Crippen LogP contribution in [-0.2, 0) is 4.79 Å². The average molecular weight is 268 g/mol. The van der Waals surface area contributed by atoms with E-state index in [2.05, 4.69) is 31.4 Å². The highest BCUT2D eigenvalue weighted by Crippen LogP contribution is 2.29. The molecule has 1 aliphatic carbocycles. The molecule has 1 aliphatic rings. The van der Waals surface area contributed by atoms with Crippen LogP contribution in [0.2, 0.25) is 0 Å². The molecular weight excluding hydrogens is 236 g/mol. The SMILES string of the molecule is CCC(CC)NC(=O)CNCCC1CCC(C)CC1. The lowest BCUT2D eigenvalue weighted by Gasteiger charge is -2.26. The largest absolute Gasteiger partial charge is 0.352 e. The van der Waals surface area contributed by atoms with Gasteiger partial charge in [0.1, 0.15) is 0 Å². The monoisotopic (exact) mass is 268 g/mol. The Balaban J connectivity index is 2.02. The van der Waals surface area contributed by atoms with Gasteiger partial charge in [0.05, 0.1) is 6.54 Å². The predicted octanol–water partition coefficient (Wildman–Crippen LogP) is 3.10. The maximum absolute atomic E-state index is 11.7. The number of carbonyl (C=O) groups is 1. The summed E-state index contributed by atoms with van der Waals surface area (Å²) >= 11 is 0. The summed E-state index contributed by atoms with van der Waals surface area (Å²) in [4.78, 5) is 11.7. The Bertz CT molecular complexity index is 243. The molecule has 3 nitrogen and oxygen atoms in total. The molecule has 0 aromatic carbocycles. The van der Waals surface area contributed by atoms with Crippen molar-refractivity contribution >= 4 is 5.91 Å². The molecule has 0 heterocycles.